The third-order valence-corrected chi connectivity index (χ3v) is 11.7. The number of ether oxygens (including phenoxy) is 1. The summed E-state index contributed by atoms with van der Waals surface area (Å²) in [5, 5.41) is 2.16. The number of benzene rings is 4. The molecule has 4 aromatic carbocycles. The summed E-state index contributed by atoms with van der Waals surface area (Å²) in [7, 11) is 1.36. The number of hydrogen-bond acceptors (Lipinski definition) is 3. The summed E-state index contributed by atoms with van der Waals surface area (Å²) < 4.78 is 11.8. The summed E-state index contributed by atoms with van der Waals surface area (Å²) >= 11 is 7.90. The van der Waals surface area contributed by atoms with Gasteiger partial charge in [-0.15, -0.1) is 0 Å². The second-order valence-electron chi connectivity index (χ2n) is 7.43. The zero-order chi connectivity index (χ0) is 23.2. The van der Waals surface area contributed by atoms with Crippen LogP contribution in [-0.4, -0.2) is 13.1 Å². The molecule has 5 heteroatoms. The van der Waals surface area contributed by atoms with Crippen LogP contribution in [0.5, 0.6) is 0 Å². The van der Waals surface area contributed by atoms with Gasteiger partial charge in [-0.3, -0.25) is 0 Å². The van der Waals surface area contributed by atoms with Crippen molar-refractivity contribution in [3.8, 4) is 0 Å². The van der Waals surface area contributed by atoms with E-state index in [9.17, 15) is 4.79 Å². The van der Waals surface area contributed by atoms with Crippen LogP contribution in [0.25, 0.3) is 6.08 Å². The van der Waals surface area contributed by atoms with E-state index >= 15 is 0 Å². The molecule has 3 nitrogen and oxygen atoms in total. The van der Waals surface area contributed by atoms with Crippen molar-refractivity contribution < 1.29 is 14.1 Å². The molecule has 166 valence electrons. The van der Waals surface area contributed by atoms with Crippen LogP contribution < -0.4 is 15.9 Å². The Morgan fingerprint density at radius 3 is 1.76 bits per heavy atom. The molecular formula is C28H24ClO3P. The summed E-state index contributed by atoms with van der Waals surface area (Å²) in [6, 6.07) is 36.4. The normalized spacial score (nSPS) is 12.6. The summed E-state index contributed by atoms with van der Waals surface area (Å²) in [6.45, 7) is 0. The molecule has 0 unspecified atom stereocenters. The van der Waals surface area contributed by atoms with Crippen molar-refractivity contribution in [2.75, 3.05) is 7.11 Å². The topological polar surface area (TPSA) is 35.5 Å². The van der Waals surface area contributed by atoms with E-state index in [0.717, 1.165) is 16.2 Å². The fourth-order valence-electron chi connectivity index (χ4n) is 3.89. The molecule has 0 aromatic heterocycles. The predicted molar refractivity (Wildman–Crippen MR) is 139 cm³/mol. The van der Waals surface area contributed by atoms with Crippen LogP contribution in [0.15, 0.2) is 122 Å². The number of methoxy groups -OCH3 is 1. The van der Waals surface area contributed by atoms with Crippen molar-refractivity contribution in [1.82, 2.24) is 0 Å². The van der Waals surface area contributed by atoms with E-state index in [1.54, 1.807) is 18.4 Å². The average Bonchev–Trinajstić information content (AvgIpc) is 2.90. The second kappa shape index (κ2) is 9.62. The average molecular weight is 475 g/mol. The van der Waals surface area contributed by atoms with Crippen molar-refractivity contribution in [2.45, 2.75) is 0 Å². The molecule has 0 N–H and O–H groups in total. The van der Waals surface area contributed by atoms with E-state index in [4.69, 9.17) is 20.5 Å². The van der Waals surface area contributed by atoms with Crippen LogP contribution in [0.2, 0.25) is 0 Å². The van der Waals surface area contributed by atoms with Gasteiger partial charge in [-0.2, -0.15) is 0 Å². The zero-order valence-corrected chi connectivity index (χ0v) is 19.8. The first-order valence-electron chi connectivity index (χ1n) is 10.5. The number of hydrogen-bond donors (Lipinski definition) is 0. The molecule has 33 heavy (non-hydrogen) atoms. The Morgan fingerprint density at radius 1 is 0.727 bits per heavy atom. The summed E-state index contributed by atoms with van der Waals surface area (Å²) in [4.78, 5) is 12.8. The van der Waals surface area contributed by atoms with Crippen molar-refractivity contribution in [3.05, 3.63) is 133 Å². The summed E-state index contributed by atoms with van der Waals surface area (Å²) in [5.41, 5.74) is 1.34. The monoisotopic (exact) mass is 474 g/mol. The molecule has 0 atom stereocenters. The predicted octanol–water partition coefficient (Wildman–Crippen LogP) is 6.06. The second-order valence-corrected chi connectivity index (χ2v) is 13.0. The number of carbonyl (C=O) groups is 1. The maximum atomic E-state index is 12.8. The van der Waals surface area contributed by atoms with Gasteiger partial charge in [-0.1, -0.05) is 0 Å². The van der Waals surface area contributed by atoms with Gasteiger partial charge in [-0.25, -0.2) is 0 Å². The van der Waals surface area contributed by atoms with Gasteiger partial charge in [-0.05, 0) is 0 Å². The third-order valence-electron chi connectivity index (χ3n) is 5.49. The molecule has 0 aliphatic rings. The molecule has 0 bridgehead atoms. The third kappa shape index (κ3) is 4.18. The molecule has 0 fully saturated rings. The van der Waals surface area contributed by atoms with Gasteiger partial charge in [0.1, 0.15) is 0 Å². The fourth-order valence-corrected chi connectivity index (χ4v) is 9.00. The molecule has 0 saturated carbocycles. The van der Waals surface area contributed by atoms with Crippen molar-refractivity contribution in [3.63, 3.8) is 0 Å². The van der Waals surface area contributed by atoms with Crippen LogP contribution in [0, 0.1) is 0 Å². The number of rotatable bonds is 7. The van der Waals surface area contributed by atoms with Crippen molar-refractivity contribution in [2.24, 2.45) is 0 Å². The molecule has 0 aliphatic carbocycles. The van der Waals surface area contributed by atoms with Crippen LogP contribution in [0.3, 0.4) is 0 Å². The molecule has 4 rings (SSSR count). The van der Waals surface area contributed by atoms with Gasteiger partial charge in [0.25, 0.3) is 0 Å². The van der Waals surface area contributed by atoms with E-state index in [1.165, 1.54) is 7.11 Å². The molecule has 0 heterocycles. The van der Waals surface area contributed by atoms with Crippen molar-refractivity contribution in [1.29, 1.82) is 0 Å². The molecular weight excluding hydrogens is 451 g/mol. The van der Waals surface area contributed by atoms with E-state index in [1.807, 2.05) is 109 Å². The van der Waals surface area contributed by atoms with Crippen LogP contribution in [-0.2, 0) is 9.26 Å². The Labute approximate surface area is 199 Å². The van der Waals surface area contributed by atoms with Crippen molar-refractivity contribution >= 4 is 45.4 Å². The molecule has 0 saturated heterocycles. The van der Waals surface area contributed by atoms with E-state index < -0.39 is 12.2 Å². The van der Waals surface area contributed by atoms with Gasteiger partial charge in [0.2, 0.25) is 0 Å². The first kappa shape index (κ1) is 22.8. The van der Waals surface area contributed by atoms with E-state index in [0.29, 0.717) is 10.9 Å². The summed E-state index contributed by atoms with van der Waals surface area (Å²) in [6.07, 6.45) is -0.634. The zero-order valence-electron chi connectivity index (χ0n) is 18.2. The van der Waals surface area contributed by atoms with Crippen LogP contribution >= 0.6 is 17.4 Å². The van der Waals surface area contributed by atoms with Gasteiger partial charge in [0, 0.05) is 0 Å². The van der Waals surface area contributed by atoms with E-state index in [2.05, 4.69) is 0 Å². The Bertz CT molecular complexity index is 1220. The van der Waals surface area contributed by atoms with Gasteiger partial charge < -0.3 is 0 Å². The minimum absolute atomic E-state index is 0.369. The van der Waals surface area contributed by atoms with Crippen LogP contribution in [0.4, 0.5) is 0 Å². The Morgan fingerprint density at radius 2 is 1.21 bits per heavy atom. The Balaban J connectivity index is 2.05. The Kier molecular flexibility index (Phi) is 6.65. The van der Waals surface area contributed by atoms with E-state index in [-0.39, 0.29) is 0 Å². The quantitative estimate of drug-likeness (QED) is 0.185. The summed E-state index contributed by atoms with van der Waals surface area (Å²) in [5.74, 6) is -0.470. The first-order chi connectivity index (χ1) is 16.1. The van der Waals surface area contributed by atoms with Gasteiger partial charge >= 0.3 is 199 Å². The fraction of sp³-hybridized carbons (Fsp3) is 0.0357. The first-order valence-corrected chi connectivity index (χ1v) is 13.6. The SMILES string of the molecule is COC(=O)c1ccccc1P(Cl)(OC=Cc1ccccc1)(c1ccccc1)c1ccccc1. The molecule has 0 amide bonds. The number of halogens is 1. The van der Waals surface area contributed by atoms with Crippen LogP contribution in [0.1, 0.15) is 15.9 Å². The molecule has 0 spiro atoms. The molecule has 4 aromatic rings. The van der Waals surface area contributed by atoms with Gasteiger partial charge in [0.15, 0.2) is 0 Å². The number of esters is 1. The van der Waals surface area contributed by atoms with Gasteiger partial charge in [0.05, 0.1) is 0 Å². The number of carbonyl (C=O) groups excluding carboxylic acids is 1. The molecule has 0 radical (unpaired) electrons. The minimum atomic E-state index is -4.14. The Hall–Kier alpha value is -3.39. The molecule has 0 aliphatic heterocycles. The standard InChI is InChI=1S/C28H24ClO3P/c1-31-28(30)26-19-11-12-20-27(26)33(29,24-15-7-3-8-16-24,25-17-9-4-10-18-25)32-22-21-23-13-5-2-6-14-23/h2-22H,1H3. The maximum absolute atomic E-state index is 12.8.